The first kappa shape index (κ1) is 17.5. The fraction of sp³-hybridized carbons (Fsp3) is 0.467. The quantitative estimate of drug-likeness (QED) is 0.694. The lowest BCUT2D eigenvalue weighted by atomic mass is 10.0. The van der Waals surface area contributed by atoms with E-state index in [1.54, 1.807) is 6.92 Å². The maximum Gasteiger partial charge on any atom is 0.319 e. The van der Waals surface area contributed by atoms with Crippen LogP contribution in [-0.2, 0) is 4.79 Å². The molecule has 2 amide bonds. The molecule has 0 heterocycles. The lowest BCUT2D eigenvalue weighted by molar-refractivity contribution is -0.141. The number of aliphatic carboxylic acids is 1. The topological polar surface area (TPSA) is 78.4 Å². The Balaban J connectivity index is 2.27. The highest BCUT2D eigenvalue weighted by Crippen LogP contribution is 2.14. The number of urea groups is 1. The molecule has 0 spiro atoms. The first-order valence-electron chi connectivity index (χ1n) is 6.94. The zero-order chi connectivity index (χ0) is 15.8. The van der Waals surface area contributed by atoms with Crippen molar-refractivity contribution in [1.82, 2.24) is 5.32 Å². The largest absolute Gasteiger partial charge is 0.481 e. The van der Waals surface area contributed by atoms with Gasteiger partial charge >= 0.3 is 12.0 Å². The summed E-state index contributed by atoms with van der Waals surface area (Å²) in [6.07, 6.45) is 2.15. The van der Waals surface area contributed by atoms with Crippen LogP contribution in [0.1, 0.15) is 33.1 Å². The molecule has 3 N–H and O–H groups in total. The second-order valence-corrected chi connectivity index (χ2v) is 6.09. The highest BCUT2D eigenvalue weighted by molar-refractivity contribution is 9.10. The molecule has 1 aromatic carbocycles. The molecular weight excluding hydrogens is 336 g/mol. The Morgan fingerprint density at radius 2 is 1.81 bits per heavy atom. The second-order valence-electron chi connectivity index (χ2n) is 5.18. The molecule has 0 bridgehead atoms. The van der Waals surface area contributed by atoms with Gasteiger partial charge in [0, 0.05) is 16.2 Å². The first-order valence-corrected chi connectivity index (χ1v) is 7.73. The van der Waals surface area contributed by atoms with E-state index in [1.807, 2.05) is 31.2 Å². The summed E-state index contributed by atoms with van der Waals surface area (Å²) >= 11 is 3.33. The van der Waals surface area contributed by atoms with Crippen LogP contribution in [0.4, 0.5) is 10.5 Å². The third-order valence-electron chi connectivity index (χ3n) is 3.18. The first-order chi connectivity index (χ1) is 9.88. The van der Waals surface area contributed by atoms with E-state index in [0.29, 0.717) is 6.42 Å². The Hall–Kier alpha value is -1.56. The Kier molecular flexibility index (Phi) is 7.22. The van der Waals surface area contributed by atoms with Gasteiger partial charge in [-0.25, -0.2) is 4.79 Å². The molecule has 1 aromatic rings. The van der Waals surface area contributed by atoms with Gasteiger partial charge in [0.2, 0.25) is 0 Å². The van der Waals surface area contributed by atoms with E-state index in [1.165, 1.54) is 0 Å². The highest BCUT2D eigenvalue weighted by Gasteiger charge is 2.12. The van der Waals surface area contributed by atoms with Crippen LogP contribution >= 0.6 is 15.9 Å². The fourth-order valence-electron chi connectivity index (χ4n) is 1.85. The third-order valence-corrected chi connectivity index (χ3v) is 3.70. The van der Waals surface area contributed by atoms with Crippen LogP contribution < -0.4 is 10.6 Å². The van der Waals surface area contributed by atoms with E-state index in [0.717, 1.165) is 23.0 Å². The van der Waals surface area contributed by atoms with E-state index in [2.05, 4.69) is 26.6 Å². The number of hydrogen-bond acceptors (Lipinski definition) is 2. The number of benzene rings is 1. The summed E-state index contributed by atoms with van der Waals surface area (Å²) in [5, 5.41) is 14.4. The molecule has 1 rings (SSSR count). The van der Waals surface area contributed by atoms with Crippen molar-refractivity contribution in [2.75, 3.05) is 5.32 Å². The van der Waals surface area contributed by atoms with Crippen molar-refractivity contribution in [2.24, 2.45) is 5.92 Å². The summed E-state index contributed by atoms with van der Waals surface area (Å²) in [6.45, 7) is 3.60. The van der Waals surface area contributed by atoms with Crippen molar-refractivity contribution in [3.8, 4) is 0 Å². The van der Waals surface area contributed by atoms with E-state index in [4.69, 9.17) is 5.11 Å². The number of hydrogen-bond donors (Lipinski definition) is 3. The summed E-state index contributed by atoms with van der Waals surface area (Å²) < 4.78 is 0.953. The molecule has 2 unspecified atom stereocenters. The molecule has 5 nitrogen and oxygen atoms in total. The molecular formula is C15H21BrN2O3. The average Bonchev–Trinajstić information content (AvgIpc) is 2.41. The minimum atomic E-state index is -0.774. The van der Waals surface area contributed by atoms with Crippen molar-refractivity contribution in [1.29, 1.82) is 0 Å². The van der Waals surface area contributed by atoms with Crippen molar-refractivity contribution < 1.29 is 14.7 Å². The minimum Gasteiger partial charge on any atom is -0.481 e. The predicted molar refractivity (Wildman–Crippen MR) is 86.4 cm³/mol. The summed E-state index contributed by atoms with van der Waals surface area (Å²) in [7, 11) is 0. The molecule has 6 heteroatoms. The van der Waals surface area contributed by atoms with Gasteiger partial charge in [-0.15, -0.1) is 0 Å². The summed E-state index contributed by atoms with van der Waals surface area (Å²) in [6, 6.07) is 7.07. The number of rotatable bonds is 7. The standard InChI is InChI=1S/C15H21BrN2O3/c1-10(14(19)20)4-3-5-11(2)17-15(21)18-13-8-6-12(16)7-9-13/h6-11H,3-5H2,1-2H3,(H,19,20)(H2,17,18,21). The van der Waals surface area contributed by atoms with Gasteiger partial charge in [-0.05, 0) is 44.0 Å². The van der Waals surface area contributed by atoms with E-state index in [9.17, 15) is 9.59 Å². The van der Waals surface area contributed by atoms with Crippen LogP contribution in [0.2, 0.25) is 0 Å². The van der Waals surface area contributed by atoms with Crippen molar-refractivity contribution >= 4 is 33.6 Å². The van der Waals surface area contributed by atoms with Gasteiger partial charge in [0.05, 0.1) is 5.92 Å². The number of anilines is 1. The van der Waals surface area contributed by atoms with Crippen molar-refractivity contribution in [3.05, 3.63) is 28.7 Å². The number of nitrogens with one attached hydrogen (secondary N) is 2. The van der Waals surface area contributed by atoms with E-state index >= 15 is 0 Å². The number of amides is 2. The van der Waals surface area contributed by atoms with Crippen LogP contribution in [0, 0.1) is 5.92 Å². The average molecular weight is 357 g/mol. The fourth-order valence-corrected chi connectivity index (χ4v) is 2.11. The van der Waals surface area contributed by atoms with Gasteiger partial charge < -0.3 is 15.7 Å². The second kappa shape index (κ2) is 8.67. The maximum atomic E-state index is 11.8. The Bertz CT molecular complexity index is 476. The summed E-state index contributed by atoms with van der Waals surface area (Å²) in [5.41, 5.74) is 0.724. The molecule has 0 saturated heterocycles. The number of carbonyl (C=O) groups is 2. The van der Waals surface area contributed by atoms with Crippen molar-refractivity contribution in [2.45, 2.75) is 39.2 Å². The summed E-state index contributed by atoms with van der Waals surface area (Å²) in [4.78, 5) is 22.5. The van der Waals surface area contributed by atoms with Gasteiger partial charge in [-0.2, -0.15) is 0 Å². The highest BCUT2D eigenvalue weighted by atomic mass is 79.9. The van der Waals surface area contributed by atoms with Gasteiger partial charge in [0.25, 0.3) is 0 Å². The van der Waals surface area contributed by atoms with Crippen LogP contribution in [0.15, 0.2) is 28.7 Å². The monoisotopic (exact) mass is 356 g/mol. The smallest absolute Gasteiger partial charge is 0.319 e. The van der Waals surface area contributed by atoms with E-state index in [-0.39, 0.29) is 18.0 Å². The van der Waals surface area contributed by atoms with Gasteiger partial charge in [0.15, 0.2) is 0 Å². The molecule has 0 aromatic heterocycles. The van der Waals surface area contributed by atoms with Gasteiger partial charge in [0.1, 0.15) is 0 Å². The minimum absolute atomic E-state index is 0.00134. The lowest BCUT2D eigenvalue weighted by Gasteiger charge is -2.15. The maximum absolute atomic E-state index is 11.8. The number of halogens is 1. The number of carboxylic acids is 1. The van der Waals surface area contributed by atoms with Crippen LogP contribution in [0.25, 0.3) is 0 Å². The SMILES string of the molecule is CC(CCCC(C)C(=O)O)NC(=O)Nc1ccc(Br)cc1. The Labute approximate surface area is 133 Å². The zero-order valence-corrected chi connectivity index (χ0v) is 13.8. The van der Waals surface area contributed by atoms with Crippen LogP contribution in [0.3, 0.4) is 0 Å². The number of carbonyl (C=O) groups excluding carboxylic acids is 1. The lowest BCUT2D eigenvalue weighted by Crippen LogP contribution is -2.36. The Morgan fingerprint density at radius 3 is 2.38 bits per heavy atom. The van der Waals surface area contributed by atoms with Gasteiger partial charge in [-0.1, -0.05) is 29.3 Å². The normalized spacial score (nSPS) is 13.3. The molecule has 21 heavy (non-hydrogen) atoms. The molecule has 0 aliphatic carbocycles. The molecule has 0 radical (unpaired) electrons. The molecule has 116 valence electrons. The molecule has 0 saturated carbocycles. The molecule has 0 aliphatic rings. The van der Waals surface area contributed by atoms with E-state index < -0.39 is 5.97 Å². The zero-order valence-electron chi connectivity index (χ0n) is 12.2. The third kappa shape index (κ3) is 7.13. The van der Waals surface area contributed by atoms with Crippen molar-refractivity contribution in [3.63, 3.8) is 0 Å². The van der Waals surface area contributed by atoms with Crippen LogP contribution in [-0.4, -0.2) is 23.1 Å². The van der Waals surface area contributed by atoms with Gasteiger partial charge in [-0.3, -0.25) is 4.79 Å². The van der Waals surface area contributed by atoms with Crippen LogP contribution in [0.5, 0.6) is 0 Å². The predicted octanol–water partition coefficient (Wildman–Crippen LogP) is 3.85. The molecule has 2 atom stereocenters. The molecule has 0 aliphatic heterocycles. The summed E-state index contributed by atoms with van der Waals surface area (Å²) in [5.74, 6) is -1.11. The number of carboxylic acid groups (broad SMARTS) is 1. The Morgan fingerprint density at radius 1 is 1.19 bits per heavy atom. The molecule has 0 fully saturated rings.